The van der Waals surface area contributed by atoms with Crippen molar-refractivity contribution in [2.75, 3.05) is 13.2 Å². The fourth-order valence-corrected chi connectivity index (χ4v) is 2.89. The molecule has 5 heteroatoms. The highest BCUT2D eigenvalue weighted by Crippen LogP contribution is 2.36. The molecule has 0 spiro atoms. The van der Waals surface area contributed by atoms with E-state index < -0.39 is 0 Å². The van der Waals surface area contributed by atoms with Gasteiger partial charge in [0.2, 0.25) is 0 Å². The third kappa shape index (κ3) is 1.77. The van der Waals surface area contributed by atoms with Gasteiger partial charge in [-0.25, -0.2) is 0 Å². The maximum atomic E-state index is 9.29. The summed E-state index contributed by atoms with van der Waals surface area (Å²) in [6, 6.07) is 0. The van der Waals surface area contributed by atoms with Crippen molar-refractivity contribution in [2.24, 2.45) is 5.92 Å². The van der Waals surface area contributed by atoms with Gasteiger partial charge in [0.15, 0.2) is 5.82 Å². The third-order valence-electron chi connectivity index (χ3n) is 3.99. The summed E-state index contributed by atoms with van der Waals surface area (Å²) in [7, 11) is 0. The van der Waals surface area contributed by atoms with Gasteiger partial charge in [0.25, 0.3) is 0 Å². The molecule has 0 saturated carbocycles. The number of ether oxygens (including phenoxy) is 1. The number of aliphatic hydroxyl groups is 1. The lowest BCUT2D eigenvalue weighted by Crippen LogP contribution is -2.30. The molecule has 94 valence electrons. The van der Waals surface area contributed by atoms with Gasteiger partial charge < -0.3 is 14.4 Å². The van der Waals surface area contributed by atoms with Crippen LogP contribution in [0.1, 0.15) is 37.8 Å². The first kappa shape index (κ1) is 11.2. The van der Waals surface area contributed by atoms with E-state index in [0.29, 0.717) is 5.92 Å². The molecule has 0 radical (unpaired) electrons. The average Bonchev–Trinajstić information content (AvgIpc) is 2.95. The topological polar surface area (TPSA) is 60.2 Å². The number of hydrogen-bond donors (Lipinski definition) is 1. The van der Waals surface area contributed by atoms with E-state index in [0.717, 1.165) is 50.5 Å². The zero-order valence-corrected chi connectivity index (χ0v) is 10.2. The highest BCUT2D eigenvalue weighted by molar-refractivity contribution is 5.09. The maximum Gasteiger partial charge on any atom is 0.165 e. The van der Waals surface area contributed by atoms with Crippen LogP contribution in [0.25, 0.3) is 0 Å². The normalized spacial score (nSPS) is 32.7. The highest BCUT2D eigenvalue weighted by Gasteiger charge is 2.38. The molecule has 0 aromatic carbocycles. The number of aryl methyl sites for hydroxylation is 1. The summed E-state index contributed by atoms with van der Waals surface area (Å²) >= 11 is 0. The van der Waals surface area contributed by atoms with Gasteiger partial charge in [-0.1, -0.05) is 0 Å². The van der Waals surface area contributed by atoms with Gasteiger partial charge in [0.05, 0.1) is 0 Å². The van der Waals surface area contributed by atoms with Crippen LogP contribution < -0.4 is 0 Å². The fourth-order valence-electron chi connectivity index (χ4n) is 2.89. The molecule has 2 unspecified atom stereocenters. The molecule has 2 aliphatic rings. The van der Waals surface area contributed by atoms with E-state index in [2.05, 4.69) is 21.7 Å². The largest absolute Gasteiger partial charge is 0.396 e. The van der Waals surface area contributed by atoms with Crippen molar-refractivity contribution in [1.29, 1.82) is 0 Å². The SMILES string of the molecule is CC1(c2nnc3n2CC(CO)CC3)CCCO1. The summed E-state index contributed by atoms with van der Waals surface area (Å²) in [4.78, 5) is 0. The van der Waals surface area contributed by atoms with Crippen LogP contribution in [0.3, 0.4) is 0 Å². The zero-order chi connectivity index (χ0) is 11.9. The van der Waals surface area contributed by atoms with Crippen molar-refractivity contribution in [2.45, 2.75) is 44.8 Å². The van der Waals surface area contributed by atoms with Gasteiger partial charge in [-0.15, -0.1) is 10.2 Å². The Bertz CT molecular complexity index is 410. The summed E-state index contributed by atoms with van der Waals surface area (Å²) in [5.74, 6) is 2.33. The predicted molar refractivity (Wildman–Crippen MR) is 61.5 cm³/mol. The smallest absolute Gasteiger partial charge is 0.165 e. The molecule has 0 aliphatic carbocycles. The van der Waals surface area contributed by atoms with Gasteiger partial charge in [-0.2, -0.15) is 0 Å². The number of aliphatic hydroxyl groups excluding tert-OH is 1. The van der Waals surface area contributed by atoms with Crippen LogP contribution in [0.15, 0.2) is 0 Å². The fraction of sp³-hybridized carbons (Fsp3) is 0.833. The molecule has 1 fully saturated rings. The summed E-state index contributed by atoms with van der Waals surface area (Å²) in [5.41, 5.74) is -0.275. The quantitative estimate of drug-likeness (QED) is 0.828. The van der Waals surface area contributed by atoms with Crippen molar-refractivity contribution >= 4 is 0 Å². The van der Waals surface area contributed by atoms with E-state index in [1.807, 2.05) is 0 Å². The average molecular weight is 237 g/mol. The molecule has 17 heavy (non-hydrogen) atoms. The second kappa shape index (κ2) is 4.07. The minimum Gasteiger partial charge on any atom is -0.396 e. The van der Waals surface area contributed by atoms with Crippen LogP contribution in [0, 0.1) is 5.92 Å². The standard InChI is InChI=1S/C12H19N3O2/c1-12(5-2-6-17-12)11-14-13-10-4-3-9(8-16)7-15(10)11/h9,16H,2-8H2,1H3. The molecular formula is C12H19N3O2. The van der Waals surface area contributed by atoms with Gasteiger partial charge in [-0.05, 0) is 26.2 Å². The Morgan fingerprint density at radius 3 is 3.12 bits per heavy atom. The first-order valence-corrected chi connectivity index (χ1v) is 6.40. The molecule has 1 N–H and O–H groups in total. The maximum absolute atomic E-state index is 9.29. The first-order valence-electron chi connectivity index (χ1n) is 6.40. The number of hydrogen-bond acceptors (Lipinski definition) is 4. The van der Waals surface area contributed by atoms with Gasteiger partial charge >= 0.3 is 0 Å². The van der Waals surface area contributed by atoms with E-state index in [4.69, 9.17) is 4.74 Å². The molecule has 0 bridgehead atoms. The van der Waals surface area contributed by atoms with Crippen LogP contribution in [-0.2, 0) is 23.3 Å². The number of aromatic nitrogens is 3. The molecule has 0 amide bonds. The molecule has 1 aromatic heterocycles. The van der Waals surface area contributed by atoms with Crippen molar-refractivity contribution in [3.05, 3.63) is 11.6 Å². The highest BCUT2D eigenvalue weighted by atomic mass is 16.5. The van der Waals surface area contributed by atoms with E-state index in [9.17, 15) is 5.11 Å². The Morgan fingerprint density at radius 2 is 2.41 bits per heavy atom. The molecule has 3 rings (SSSR count). The Kier molecular flexibility index (Phi) is 2.67. The Labute approximate surface area is 101 Å². The third-order valence-corrected chi connectivity index (χ3v) is 3.99. The molecule has 3 heterocycles. The number of fused-ring (bicyclic) bond motifs is 1. The summed E-state index contributed by atoms with van der Waals surface area (Å²) in [6.07, 6.45) is 4.01. The second-order valence-corrected chi connectivity index (χ2v) is 5.32. The Morgan fingerprint density at radius 1 is 1.53 bits per heavy atom. The zero-order valence-electron chi connectivity index (χ0n) is 10.2. The van der Waals surface area contributed by atoms with Gasteiger partial charge in [0, 0.05) is 32.1 Å². The number of nitrogens with zero attached hydrogens (tertiary/aromatic N) is 3. The molecule has 2 atom stereocenters. The minimum atomic E-state index is -0.275. The van der Waals surface area contributed by atoms with Crippen molar-refractivity contribution in [1.82, 2.24) is 14.8 Å². The van der Waals surface area contributed by atoms with Crippen LogP contribution in [-0.4, -0.2) is 33.1 Å². The molecule has 1 aromatic rings. The van der Waals surface area contributed by atoms with E-state index in [1.165, 1.54) is 0 Å². The summed E-state index contributed by atoms with van der Waals surface area (Å²) in [6.45, 7) is 3.98. The lowest BCUT2D eigenvalue weighted by molar-refractivity contribution is 0.00459. The summed E-state index contributed by atoms with van der Waals surface area (Å²) < 4.78 is 8.00. The van der Waals surface area contributed by atoms with Crippen LogP contribution in [0.2, 0.25) is 0 Å². The molecule has 2 aliphatic heterocycles. The molecule has 5 nitrogen and oxygen atoms in total. The van der Waals surface area contributed by atoms with E-state index >= 15 is 0 Å². The Hall–Kier alpha value is -0.940. The lowest BCUT2D eigenvalue weighted by Gasteiger charge is -2.27. The lowest BCUT2D eigenvalue weighted by atomic mass is 9.97. The van der Waals surface area contributed by atoms with Crippen LogP contribution in [0.4, 0.5) is 0 Å². The molecular weight excluding hydrogens is 218 g/mol. The van der Waals surface area contributed by atoms with Crippen molar-refractivity contribution in [3.8, 4) is 0 Å². The van der Waals surface area contributed by atoms with Crippen molar-refractivity contribution in [3.63, 3.8) is 0 Å². The van der Waals surface area contributed by atoms with Crippen molar-refractivity contribution < 1.29 is 9.84 Å². The number of rotatable bonds is 2. The van der Waals surface area contributed by atoms with E-state index in [-0.39, 0.29) is 12.2 Å². The first-order chi connectivity index (χ1) is 8.23. The monoisotopic (exact) mass is 237 g/mol. The van der Waals surface area contributed by atoms with E-state index in [1.54, 1.807) is 0 Å². The van der Waals surface area contributed by atoms with Gasteiger partial charge in [-0.3, -0.25) is 0 Å². The van der Waals surface area contributed by atoms with Gasteiger partial charge in [0.1, 0.15) is 11.4 Å². The van der Waals surface area contributed by atoms with Crippen LogP contribution >= 0.6 is 0 Å². The van der Waals surface area contributed by atoms with Crippen LogP contribution in [0.5, 0.6) is 0 Å². The predicted octanol–water partition coefficient (Wildman–Crippen LogP) is 0.858. The Balaban J connectivity index is 1.94. The second-order valence-electron chi connectivity index (χ2n) is 5.32. The minimum absolute atomic E-state index is 0.245. The summed E-state index contributed by atoms with van der Waals surface area (Å²) in [5, 5.41) is 17.9. The molecule has 1 saturated heterocycles.